The summed E-state index contributed by atoms with van der Waals surface area (Å²) in [6.07, 6.45) is 0. The third kappa shape index (κ3) is 4.61. The Balaban J connectivity index is 2.00. The van der Waals surface area contributed by atoms with Crippen LogP contribution in [0.4, 0.5) is 5.69 Å². The van der Waals surface area contributed by atoms with E-state index in [1.165, 1.54) is 0 Å². The van der Waals surface area contributed by atoms with E-state index in [9.17, 15) is 0 Å². The van der Waals surface area contributed by atoms with Crippen molar-refractivity contribution in [3.8, 4) is 11.8 Å². The van der Waals surface area contributed by atoms with Crippen LogP contribution in [0, 0.1) is 11.8 Å². The van der Waals surface area contributed by atoms with Crippen molar-refractivity contribution in [2.45, 2.75) is 6.92 Å². The van der Waals surface area contributed by atoms with Crippen molar-refractivity contribution in [2.75, 3.05) is 5.43 Å². The molecule has 0 spiro atoms. The van der Waals surface area contributed by atoms with Crippen LogP contribution in [-0.2, 0) is 0 Å². The molecule has 2 aromatic carbocycles. The van der Waals surface area contributed by atoms with Crippen molar-refractivity contribution >= 4 is 27.3 Å². The summed E-state index contributed by atoms with van der Waals surface area (Å²) < 4.78 is 1.04. The maximum atomic E-state index is 4.22. The lowest BCUT2D eigenvalue weighted by molar-refractivity contribution is 1.33. The fourth-order valence-corrected chi connectivity index (χ4v) is 1.65. The van der Waals surface area contributed by atoms with Crippen molar-refractivity contribution in [2.24, 2.45) is 5.10 Å². The van der Waals surface area contributed by atoms with Gasteiger partial charge in [-0.1, -0.05) is 40.0 Å². The number of nitrogens with zero attached hydrogens (tertiary/aromatic N) is 1. The van der Waals surface area contributed by atoms with Gasteiger partial charge in [0.2, 0.25) is 0 Å². The third-order valence-electron chi connectivity index (χ3n) is 2.36. The molecule has 0 amide bonds. The van der Waals surface area contributed by atoms with Crippen LogP contribution < -0.4 is 5.43 Å². The Morgan fingerprint density at radius 3 is 2.42 bits per heavy atom. The van der Waals surface area contributed by atoms with Crippen LogP contribution in [0.15, 0.2) is 64.2 Å². The molecule has 0 aliphatic heterocycles. The molecule has 0 heterocycles. The van der Waals surface area contributed by atoms with E-state index < -0.39 is 0 Å². The van der Waals surface area contributed by atoms with Crippen molar-refractivity contribution in [3.63, 3.8) is 0 Å². The summed E-state index contributed by atoms with van der Waals surface area (Å²) in [6.45, 7) is 1.88. The number of hydrazone groups is 1. The predicted molar refractivity (Wildman–Crippen MR) is 84.2 cm³/mol. The maximum absolute atomic E-state index is 4.22. The number of hydrogen-bond donors (Lipinski definition) is 1. The molecule has 19 heavy (non-hydrogen) atoms. The predicted octanol–water partition coefficient (Wildman–Crippen LogP) is 4.29. The highest BCUT2D eigenvalue weighted by Gasteiger charge is 1.90. The molecule has 0 unspecified atom stereocenters. The topological polar surface area (TPSA) is 24.4 Å². The number of rotatable bonds is 2. The highest BCUT2D eigenvalue weighted by molar-refractivity contribution is 9.10. The van der Waals surface area contributed by atoms with Crippen LogP contribution in [0.1, 0.15) is 12.5 Å². The first-order valence-electron chi connectivity index (χ1n) is 5.87. The zero-order valence-corrected chi connectivity index (χ0v) is 12.1. The molecule has 3 heteroatoms. The van der Waals surface area contributed by atoms with E-state index in [4.69, 9.17) is 0 Å². The molecule has 0 saturated carbocycles. The summed E-state index contributed by atoms with van der Waals surface area (Å²) in [7, 11) is 0. The Hall–Kier alpha value is -2.05. The van der Waals surface area contributed by atoms with Gasteiger partial charge in [0.15, 0.2) is 0 Å². The Labute approximate surface area is 121 Å². The minimum absolute atomic E-state index is 0.742. The Morgan fingerprint density at radius 1 is 1.05 bits per heavy atom. The molecule has 0 atom stereocenters. The number of benzene rings is 2. The monoisotopic (exact) mass is 312 g/mol. The molecule has 0 bridgehead atoms. The number of hydrogen-bond acceptors (Lipinski definition) is 2. The Bertz CT molecular complexity index is 619. The summed E-state index contributed by atoms with van der Waals surface area (Å²) in [5.41, 5.74) is 5.64. The van der Waals surface area contributed by atoms with E-state index >= 15 is 0 Å². The average molecular weight is 313 g/mol. The Morgan fingerprint density at radius 2 is 1.74 bits per heavy atom. The fraction of sp³-hybridized carbons (Fsp3) is 0.0625. The SMILES string of the molecule is C/C(C#Cc1ccccc1)=N/Nc1ccc(Br)cc1. The Kier molecular flexibility index (Phi) is 4.77. The van der Waals surface area contributed by atoms with Crippen LogP contribution in [0.25, 0.3) is 0 Å². The van der Waals surface area contributed by atoms with Gasteiger partial charge in [0.25, 0.3) is 0 Å². The second-order valence-electron chi connectivity index (χ2n) is 3.93. The molecule has 0 fully saturated rings. The van der Waals surface area contributed by atoms with E-state index in [0.29, 0.717) is 0 Å². The van der Waals surface area contributed by atoms with Gasteiger partial charge in [-0.25, -0.2) is 0 Å². The zero-order valence-electron chi connectivity index (χ0n) is 10.5. The smallest absolute Gasteiger partial charge is 0.107 e. The molecule has 1 N–H and O–H groups in total. The number of nitrogens with one attached hydrogen (secondary N) is 1. The van der Waals surface area contributed by atoms with Crippen LogP contribution in [0.3, 0.4) is 0 Å². The highest BCUT2D eigenvalue weighted by Crippen LogP contribution is 2.13. The molecule has 0 saturated heterocycles. The second kappa shape index (κ2) is 6.77. The number of halogens is 1. The van der Waals surface area contributed by atoms with Crippen LogP contribution in [0.5, 0.6) is 0 Å². The quantitative estimate of drug-likeness (QED) is 0.499. The van der Waals surface area contributed by atoms with Gasteiger partial charge in [-0.15, -0.1) is 0 Å². The van der Waals surface area contributed by atoms with Gasteiger partial charge in [0.1, 0.15) is 5.71 Å². The minimum Gasteiger partial charge on any atom is -0.278 e. The molecule has 0 radical (unpaired) electrons. The molecule has 2 aromatic rings. The van der Waals surface area contributed by atoms with Crippen molar-refractivity contribution in [1.82, 2.24) is 0 Å². The van der Waals surface area contributed by atoms with Gasteiger partial charge in [-0.3, -0.25) is 5.43 Å². The molecule has 0 aliphatic carbocycles. The maximum Gasteiger partial charge on any atom is 0.107 e. The van der Waals surface area contributed by atoms with E-state index in [1.807, 2.05) is 61.5 Å². The van der Waals surface area contributed by atoms with Crippen LogP contribution >= 0.6 is 15.9 Å². The lowest BCUT2D eigenvalue weighted by atomic mass is 10.2. The van der Waals surface area contributed by atoms with Gasteiger partial charge < -0.3 is 0 Å². The van der Waals surface area contributed by atoms with Crippen molar-refractivity contribution in [3.05, 3.63) is 64.6 Å². The standard InChI is InChI=1S/C16H13BrN2/c1-13(7-8-14-5-3-2-4-6-14)18-19-16-11-9-15(17)10-12-16/h2-6,9-12,19H,1H3/b18-13-. The normalized spacial score (nSPS) is 10.5. The third-order valence-corrected chi connectivity index (χ3v) is 2.89. The first-order valence-corrected chi connectivity index (χ1v) is 6.66. The summed E-state index contributed by atoms with van der Waals surface area (Å²) in [5, 5.41) is 4.22. The molecule has 0 aliphatic rings. The van der Waals surface area contributed by atoms with Gasteiger partial charge in [-0.2, -0.15) is 5.10 Å². The van der Waals surface area contributed by atoms with Gasteiger partial charge >= 0.3 is 0 Å². The zero-order chi connectivity index (χ0) is 13.5. The first-order chi connectivity index (χ1) is 9.24. The fourth-order valence-electron chi connectivity index (χ4n) is 1.38. The molecular formula is C16H13BrN2. The van der Waals surface area contributed by atoms with Gasteiger partial charge in [0, 0.05) is 10.0 Å². The van der Waals surface area contributed by atoms with Crippen molar-refractivity contribution < 1.29 is 0 Å². The summed E-state index contributed by atoms with van der Waals surface area (Å²) in [6, 6.07) is 17.7. The lowest BCUT2D eigenvalue weighted by Crippen LogP contribution is -1.94. The molecule has 2 rings (SSSR count). The van der Waals surface area contributed by atoms with Crippen LogP contribution in [-0.4, -0.2) is 5.71 Å². The van der Waals surface area contributed by atoms with Gasteiger partial charge in [0.05, 0.1) is 5.69 Å². The van der Waals surface area contributed by atoms with Gasteiger partial charge in [-0.05, 0) is 49.2 Å². The summed E-state index contributed by atoms with van der Waals surface area (Å²) in [5.74, 6) is 6.07. The van der Waals surface area contributed by atoms with Crippen molar-refractivity contribution in [1.29, 1.82) is 0 Å². The van der Waals surface area contributed by atoms with E-state index in [-0.39, 0.29) is 0 Å². The summed E-state index contributed by atoms with van der Waals surface area (Å²) in [4.78, 5) is 0. The second-order valence-corrected chi connectivity index (χ2v) is 4.85. The van der Waals surface area contributed by atoms with E-state index in [0.717, 1.165) is 21.4 Å². The van der Waals surface area contributed by atoms with E-state index in [2.05, 4.69) is 38.3 Å². The number of anilines is 1. The molecule has 94 valence electrons. The van der Waals surface area contributed by atoms with Crippen LogP contribution in [0.2, 0.25) is 0 Å². The highest BCUT2D eigenvalue weighted by atomic mass is 79.9. The largest absolute Gasteiger partial charge is 0.278 e. The minimum atomic E-state index is 0.742. The molecule has 0 aromatic heterocycles. The summed E-state index contributed by atoms with van der Waals surface area (Å²) >= 11 is 3.39. The first kappa shape index (κ1) is 13.4. The molecule has 2 nitrogen and oxygen atoms in total. The van der Waals surface area contributed by atoms with E-state index in [1.54, 1.807) is 0 Å². The molecular weight excluding hydrogens is 300 g/mol. The lowest BCUT2D eigenvalue weighted by Gasteiger charge is -1.99. The average Bonchev–Trinajstić information content (AvgIpc) is 2.45.